The molecule has 0 spiro atoms. The van der Waals surface area contributed by atoms with Gasteiger partial charge in [-0.3, -0.25) is 9.59 Å². The lowest BCUT2D eigenvalue weighted by Gasteiger charge is -2.25. The predicted molar refractivity (Wildman–Crippen MR) is 149 cm³/mol. The number of aryl methyl sites for hydroxylation is 2. The van der Waals surface area contributed by atoms with Gasteiger partial charge in [0.2, 0.25) is 0 Å². The summed E-state index contributed by atoms with van der Waals surface area (Å²) in [7, 11) is 0. The Balaban J connectivity index is 0.000000517. The zero-order valence-corrected chi connectivity index (χ0v) is 23.4. The molecule has 224 valence electrons. The number of carbonyl (C=O) groups excluding carboxylic acids is 2. The van der Waals surface area contributed by atoms with Crippen LogP contribution < -0.4 is 5.32 Å². The van der Waals surface area contributed by atoms with E-state index in [0.29, 0.717) is 17.4 Å². The summed E-state index contributed by atoms with van der Waals surface area (Å²) in [6.45, 7) is 8.60. The Kier molecular flexibility index (Phi) is 9.72. The van der Waals surface area contributed by atoms with Crippen molar-refractivity contribution in [1.29, 1.82) is 0 Å². The number of likely N-dealkylation sites (tertiary alicyclic amines) is 2. The van der Waals surface area contributed by atoms with Gasteiger partial charge in [0.15, 0.2) is 0 Å². The number of amides is 2. The Morgan fingerprint density at radius 2 is 1.55 bits per heavy atom. The number of hydrogen-bond donors (Lipinski definition) is 2. The summed E-state index contributed by atoms with van der Waals surface area (Å²) >= 11 is 0. The van der Waals surface area contributed by atoms with Crippen LogP contribution in [-0.2, 0) is 4.79 Å². The lowest BCUT2D eigenvalue weighted by molar-refractivity contribution is -0.192. The van der Waals surface area contributed by atoms with Crippen molar-refractivity contribution >= 4 is 17.8 Å². The molecule has 2 saturated heterocycles. The van der Waals surface area contributed by atoms with E-state index in [2.05, 4.69) is 27.2 Å². The minimum absolute atomic E-state index is 0.0684. The number of hydrogen-bond acceptors (Lipinski definition) is 5. The van der Waals surface area contributed by atoms with Crippen molar-refractivity contribution < 1.29 is 37.1 Å². The van der Waals surface area contributed by atoms with Crippen molar-refractivity contribution in [2.24, 2.45) is 11.8 Å². The fourth-order valence-electron chi connectivity index (χ4n) is 5.70. The first kappa shape index (κ1) is 30.8. The number of nitrogens with one attached hydrogen (secondary N) is 1. The van der Waals surface area contributed by atoms with Gasteiger partial charge in [0, 0.05) is 38.3 Å². The molecule has 0 radical (unpaired) electrons. The Bertz CT molecular complexity index is 1340. The number of aliphatic carboxylic acids is 1. The highest BCUT2D eigenvalue weighted by molar-refractivity contribution is 5.97. The summed E-state index contributed by atoms with van der Waals surface area (Å²) in [6.07, 6.45) is -1.26. The second kappa shape index (κ2) is 13.2. The number of carboxylic acids is 1. The van der Waals surface area contributed by atoms with E-state index < -0.39 is 12.1 Å². The van der Waals surface area contributed by atoms with Crippen LogP contribution in [0.1, 0.15) is 49.9 Å². The molecule has 11 heteroatoms. The third-order valence-electron chi connectivity index (χ3n) is 7.81. The van der Waals surface area contributed by atoms with E-state index in [1.54, 1.807) is 6.07 Å². The van der Waals surface area contributed by atoms with Crippen LogP contribution in [0, 0.1) is 25.7 Å². The van der Waals surface area contributed by atoms with E-state index in [1.165, 1.54) is 12.5 Å². The van der Waals surface area contributed by atoms with Crippen LogP contribution in [0.3, 0.4) is 0 Å². The number of fused-ring (bicyclic) bond motifs is 1. The van der Waals surface area contributed by atoms with E-state index >= 15 is 0 Å². The smallest absolute Gasteiger partial charge is 0.475 e. The van der Waals surface area contributed by atoms with Gasteiger partial charge < -0.3 is 24.6 Å². The van der Waals surface area contributed by atoms with Crippen LogP contribution in [0.4, 0.5) is 13.2 Å². The average Bonchev–Trinajstić information content (AvgIpc) is 3.69. The predicted octanol–water partition coefficient (Wildman–Crippen LogP) is 5.09. The number of alkyl halides is 3. The quantitative estimate of drug-likeness (QED) is 0.400. The number of rotatable bonds is 7. The summed E-state index contributed by atoms with van der Waals surface area (Å²) in [4.78, 5) is 39.4. The molecule has 3 atom stereocenters. The molecule has 0 saturated carbocycles. The largest absolute Gasteiger partial charge is 0.490 e. The molecule has 2 aliphatic heterocycles. The molecule has 2 fully saturated rings. The third kappa shape index (κ3) is 7.58. The van der Waals surface area contributed by atoms with E-state index in [1.807, 2.05) is 50.2 Å². The summed E-state index contributed by atoms with van der Waals surface area (Å²) in [5, 5.41) is 10.3. The second-order valence-corrected chi connectivity index (χ2v) is 10.8. The molecule has 2 aromatic carbocycles. The Labute approximate surface area is 242 Å². The zero-order valence-electron chi connectivity index (χ0n) is 23.4. The number of halogens is 3. The van der Waals surface area contributed by atoms with Gasteiger partial charge >= 0.3 is 12.1 Å². The van der Waals surface area contributed by atoms with Gasteiger partial charge in [0.05, 0.1) is 17.9 Å². The molecular weight excluding hydrogens is 551 g/mol. The Morgan fingerprint density at radius 3 is 2.07 bits per heavy atom. The van der Waals surface area contributed by atoms with Crippen LogP contribution in [0.25, 0.3) is 0 Å². The number of nitrogens with zero attached hydrogens (tertiary/aromatic N) is 2. The molecule has 0 bridgehead atoms. The molecule has 2 aliphatic rings. The molecule has 5 rings (SSSR count). The highest BCUT2D eigenvalue weighted by Gasteiger charge is 2.42. The molecule has 8 nitrogen and oxygen atoms in total. The van der Waals surface area contributed by atoms with Crippen molar-refractivity contribution in [2.45, 2.75) is 32.5 Å². The lowest BCUT2D eigenvalue weighted by atomic mass is 10.0. The van der Waals surface area contributed by atoms with Gasteiger partial charge in [-0.2, -0.15) is 13.2 Å². The number of carbonyl (C=O) groups is 3. The van der Waals surface area contributed by atoms with Gasteiger partial charge in [-0.15, -0.1) is 0 Å². The van der Waals surface area contributed by atoms with E-state index in [0.717, 1.165) is 61.4 Å². The van der Waals surface area contributed by atoms with Gasteiger partial charge in [0.1, 0.15) is 6.26 Å². The van der Waals surface area contributed by atoms with Crippen molar-refractivity contribution in [3.8, 4) is 0 Å². The summed E-state index contributed by atoms with van der Waals surface area (Å²) in [5.41, 5.74) is 4.61. The maximum absolute atomic E-state index is 13.2. The highest BCUT2D eigenvalue weighted by atomic mass is 19.4. The van der Waals surface area contributed by atoms with Crippen LogP contribution >= 0.6 is 0 Å². The first-order valence-corrected chi connectivity index (χ1v) is 13.7. The summed E-state index contributed by atoms with van der Waals surface area (Å²) in [6, 6.07) is 17.8. The lowest BCUT2D eigenvalue weighted by Crippen LogP contribution is -2.35. The highest BCUT2D eigenvalue weighted by Crippen LogP contribution is 2.33. The second-order valence-electron chi connectivity index (χ2n) is 10.8. The minimum Gasteiger partial charge on any atom is -0.475 e. The summed E-state index contributed by atoms with van der Waals surface area (Å²) in [5.74, 6) is -1.68. The van der Waals surface area contributed by atoms with Crippen LogP contribution in [0.5, 0.6) is 0 Å². The fraction of sp³-hybridized carbons (Fsp3) is 0.387. The number of furan rings is 1. The van der Waals surface area contributed by atoms with Gasteiger partial charge in [-0.05, 0) is 54.9 Å². The maximum Gasteiger partial charge on any atom is 0.490 e. The standard InChI is InChI=1S/C29H33N3O3.C2HF3O2/c1-20-7-6-8-21(2)27(20)29(34)32-17-24-15-31(16-25(24)18-32)13-11-26(22-9-4-3-5-10-22)30-28(33)23-12-14-35-19-23;3-2(4,5)1(6)7/h3-10,12,14,19,24-26H,11,13,15-18H2,1-2H3,(H,30,33);(H,6,7)/t24-,25?,26?;/m0./s1. The SMILES string of the molecule is Cc1cccc(C)c1C(=O)N1CC2CN(CCC(NC(=O)c3ccoc3)c3ccccc3)C[C@H]2C1.O=C(O)C(F)(F)F. The Hall–Kier alpha value is -4.12. The van der Waals surface area contributed by atoms with E-state index in [9.17, 15) is 22.8 Å². The maximum atomic E-state index is 13.2. The zero-order chi connectivity index (χ0) is 30.4. The van der Waals surface area contributed by atoms with Gasteiger partial charge in [-0.25, -0.2) is 4.79 Å². The Morgan fingerprint density at radius 1 is 0.952 bits per heavy atom. The number of benzene rings is 2. The van der Waals surface area contributed by atoms with Crippen molar-refractivity contribution in [2.75, 3.05) is 32.7 Å². The van der Waals surface area contributed by atoms with Gasteiger partial charge in [0.25, 0.3) is 11.8 Å². The first-order valence-electron chi connectivity index (χ1n) is 13.7. The summed E-state index contributed by atoms with van der Waals surface area (Å²) < 4.78 is 36.8. The molecule has 0 aliphatic carbocycles. The molecule has 3 heterocycles. The van der Waals surface area contributed by atoms with Crippen LogP contribution in [0.2, 0.25) is 0 Å². The molecule has 2 N–H and O–H groups in total. The topological polar surface area (TPSA) is 103 Å². The molecule has 42 heavy (non-hydrogen) atoms. The first-order chi connectivity index (χ1) is 19.9. The monoisotopic (exact) mass is 585 g/mol. The third-order valence-corrected chi connectivity index (χ3v) is 7.81. The molecule has 1 aromatic heterocycles. The molecule has 3 aromatic rings. The van der Waals surface area contributed by atoms with Crippen molar-refractivity contribution in [3.63, 3.8) is 0 Å². The van der Waals surface area contributed by atoms with Crippen molar-refractivity contribution in [1.82, 2.24) is 15.1 Å². The molecular formula is C31H34F3N3O5. The van der Waals surface area contributed by atoms with Crippen LogP contribution in [0.15, 0.2) is 71.5 Å². The fourth-order valence-corrected chi connectivity index (χ4v) is 5.70. The van der Waals surface area contributed by atoms with E-state index in [-0.39, 0.29) is 17.9 Å². The number of carboxylic acid groups (broad SMARTS) is 1. The van der Waals surface area contributed by atoms with E-state index in [4.69, 9.17) is 14.3 Å². The molecule has 2 unspecified atom stereocenters. The minimum atomic E-state index is -5.08. The van der Waals surface area contributed by atoms with Crippen LogP contribution in [-0.4, -0.2) is 71.6 Å². The van der Waals surface area contributed by atoms with Crippen molar-refractivity contribution in [3.05, 3.63) is 94.9 Å². The average molecular weight is 586 g/mol. The van der Waals surface area contributed by atoms with Gasteiger partial charge in [-0.1, -0.05) is 48.5 Å². The molecule has 2 amide bonds. The normalized spacial score (nSPS) is 19.0.